The SMILES string of the molecule is COc1ccc(S(=O)(=O)N2CCCC2)cc1CCC(=O)N[C@H]1CC(C)(C)Oc2ccccc21. The normalized spacial score (nSPS) is 20.0. The van der Waals surface area contributed by atoms with Crippen LogP contribution in [0.2, 0.25) is 0 Å². The number of hydrogen-bond acceptors (Lipinski definition) is 5. The highest BCUT2D eigenvalue weighted by molar-refractivity contribution is 7.89. The van der Waals surface area contributed by atoms with Crippen LogP contribution >= 0.6 is 0 Å². The lowest BCUT2D eigenvalue weighted by Crippen LogP contribution is -2.41. The molecule has 4 rings (SSSR count). The lowest BCUT2D eigenvalue weighted by molar-refractivity contribution is -0.122. The van der Waals surface area contributed by atoms with E-state index in [1.807, 2.05) is 38.1 Å². The van der Waals surface area contributed by atoms with Gasteiger partial charge in [0.15, 0.2) is 0 Å². The van der Waals surface area contributed by atoms with Crippen molar-refractivity contribution in [2.24, 2.45) is 0 Å². The molecule has 2 aromatic carbocycles. The summed E-state index contributed by atoms with van der Waals surface area (Å²) in [4.78, 5) is 13.1. The summed E-state index contributed by atoms with van der Waals surface area (Å²) >= 11 is 0. The van der Waals surface area contributed by atoms with Gasteiger partial charge in [-0.15, -0.1) is 0 Å². The van der Waals surface area contributed by atoms with Gasteiger partial charge in [0, 0.05) is 31.5 Å². The number of nitrogens with one attached hydrogen (secondary N) is 1. The van der Waals surface area contributed by atoms with Crippen LogP contribution in [0.1, 0.15) is 56.7 Å². The molecule has 1 N–H and O–H groups in total. The summed E-state index contributed by atoms with van der Waals surface area (Å²) in [6, 6.07) is 12.5. The number of sulfonamides is 1. The number of carbonyl (C=O) groups excluding carboxylic acids is 1. The molecule has 1 amide bonds. The summed E-state index contributed by atoms with van der Waals surface area (Å²) in [5.74, 6) is 1.28. The van der Waals surface area contributed by atoms with E-state index in [9.17, 15) is 13.2 Å². The molecule has 2 aliphatic rings. The Balaban J connectivity index is 1.47. The summed E-state index contributed by atoms with van der Waals surface area (Å²) in [5, 5.41) is 3.14. The number of aryl methyl sites for hydroxylation is 1. The molecule has 8 heteroatoms. The maximum Gasteiger partial charge on any atom is 0.243 e. The minimum Gasteiger partial charge on any atom is -0.496 e. The zero-order chi connectivity index (χ0) is 23.6. The van der Waals surface area contributed by atoms with Crippen molar-refractivity contribution in [1.82, 2.24) is 9.62 Å². The van der Waals surface area contributed by atoms with Gasteiger partial charge < -0.3 is 14.8 Å². The molecule has 33 heavy (non-hydrogen) atoms. The number of rotatable bonds is 7. The maximum absolute atomic E-state index is 13.0. The molecule has 2 heterocycles. The van der Waals surface area contributed by atoms with E-state index in [2.05, 4.69) is 5.32 Å². The van der Waals surface area contributed by atoms with Crippen LogP contribution < -0.4 is 14.8 Å². The lowest BCUT2D eigenvalue weighted by atomic mass is 9.89. The smallest absolute Gasteiger partial charge is 0.243 e. The Labute approximate surface area is 196 Å². The number of methoxy groups -OCH3 is 1. The Bertz CT molecular complexity index is 1120. The first-order chi connectivity index (χ1) is 15.7. The molecule has 0 unspecified atom stereocenters. The summed E-state index contributed by atoms with van der Waals surface area (Å²) in [7, 11) is -1.98. The lowest BCUT2D eigenvalue weighted by Gasteiger charge is -2.37. The van der Waals surface area contributed by atoms with Crippen molar-refractivity contribution in [3.63, 3.8) is 0 Å². The average Bonchev–Trinajstić information content (AvgIpc) is 3.32. The highest BCUT2D eigenvalue weighted by atomic mass is 32.2. The number of para-hydroxylation sites is 1. The molecule has 0 aromatic heterocycles. The van der Waals surface area contributed by atoms with Crippen molar-refractivity contribution < 1.29 is 22.7 Å². The van der Waals surface area contributed by atoms with Gasteiger partial charge in [-0.1, -0.05) is 18.2 Å². The first kappa shape index (κ1) is 23.6. The zero-order valence-corrected chi connectivity index (χ0v) is 20.3. The predicted octanol–water partition coefficient (Wildman–Crippen LogP) is 3.83. The van der Waals surface area contributed by atoms with E-state index >= 15 is 0 Å². The molecule has 0 aliphatic carbocycles. The predicted molar refractivity (Wildman–Crippen MR) is 126 cm³/mol. The fourth-order valence-electron chi connectivity index (χ4n) is 4.63. The molecule has 2 aliphatic heterocycles. The van der Waals surface area contributed by atoms with Crippen LogP contribution in [-0.2, 0) is 21.2 Å². The molecule has 2 aromatic rings. The van der Waals surface area contributed by atoms with Gasteiger partial charge in [0.1, 0.15) is 17.1 Å². The highest BCUT2D eigenvalue weighted by Crippen LogP contribution is 2.39. The van der Waals surface area contributed by atoms with E-state index in [0.29, 0.717) is 37.2 Å². The largest absolute Gasteiger partial charge is 0.496 e. The van der Waals surface area contributed by atoms with E-state index in [-0.39, 0.29) is 28.9 Å². The molecule has 7 nitrogen and oxygen atoms in total. The van der Waals surface area contributed by atoms with Gasteiger partial charge in [-0.25, -0.2) is 8.42 Å². The number of fused-ring (bicyclic) bond motifs is 1. The van der Waals surface area contributed by atoms with Crippen molar-refractivity contribution >= 4 is 15.9 Å². The van der Waals surface area contributed by atoms with E-state index < -0.39 is 10.0 Å². The molecule has 178 valence electrons. The topological polar surface area (TPSA) is 84.9 Å². The van der Waals surface area contributed by atoms with E-state index in [0.717, 1.165) is 24.2 Å². The van der Waals surface area contributed by atoms with Crippen LogP contribution in [0, 0.1) is 0 Å². The Morgan fingerprint density at radius 3 is 2.64 bits per heavy atom. The van der Waals surface area contributed by atoms with Crippen molar-refractivity contribution in [2.75, 3.05) is 20.2 Å². The van der Waals surface area contributed by atoms with Crippen LogP contribution in [0.5, 0.6) is 11.5 Å². The highest BCUT2D eigenvalue weighted by Gasteiger charge is 2.34. The van der Waals surface area contributed by atoms with Crippen molar-refractivity contribution in [3.05, 3.63) is 53.6 Å². The molecular formula is C25H32N2O5S. The van der Waals surface area contributed by atoms with Crippen LogP contribution in [0.15, 0.2) is 47.4 Å². The van der Waals surface area contributed by atoms with Gasteiger partial charge in [0.2, 0.25) is 15.9 Å². The minimum atomic E-state index is -3.53. The van der Waals surface area contributed by atoms with Crippen molar-refractivity contribution in [2.45, 2.75) is 62.5 Å². The van der Waals surface area contributed by atoms with Gasteiger partial charge >= 0.3 is 0 Å². The standard InChI is InChI=1S/C25H32N2O5S/c1-25(2)17-21(20-8-4-5-9-23(20)32-25)26-24(28)13-10-18-16-19(11-12-22(18)31-3)33(29,30)27-14-6-7-15-27/h4-5,8-9,11-12,16,21H,6-7,10,13-15,17H2,1-3H3,(H,26,28)/t21-/m0/s1. The number of benzene rings is 2. The second-order valence-corrected chi connectivity index (χ2v) is 11.2. The second kappa shape index (κ2) is 9.35. The van der Waals surface area contributed by atoms with E-state index in [1.165, 1.54) is 4.31 Å². The summed E-state index contributed by atoms with van der Waals surface area (Å²) in [6.45, 7) is 5.13. The van der Waals surface area contributed by atoms with Crippen LogP contribution in [0.25, 0.3) is 0 Å². The van der Waals surface area contributed by atoms with E-state index in [1.54, 1.807) is 25.3 Å². The van der Waals surface area contributed by atoms with Crippen molar-refractivity contribution in [1.29, 1.82) is 0 Å². The fourth-order valence-corrected chi connectivity index (χ4v) is 6.20. The zero-order valence-electron chi connectivity index (χ0n) is 19.5. The number of nitrogens with zero attached hydrogens (tertiary/aromatic N) is 1. The number of ether oxygens (including phenoxy) is 2. The Morgan fingerprint density at radius 2 is 1.91 bits per heavy atom. The average molecular weight is 473 g/mol. The minimum absolute atomic E-state index is 0.0950. The molecule has 0 bridgehead atoms. The third-order valence-electron chi connectivity index (χ3n) is 6.29. The molecule has 1 saturated heterocycles. The van der Waals surface area contributed by atoms with Gasteiger partial charge in [-0.3, -0.25) is 4.79 Å². The quantitative estimate of drug-likeness (QED) is 0.662. The first-order valence-electron chi connectivity index (χ1n) is 11.4. The monoisotopic (exact) mass is 472 g/mol. The first-order valence-corrected chi connectivity index (χ1v) is 12.9. The maximum atomic E-state index is 13.0. The number of carbonyl (C=O) groups is 1. The third kappa shape index (κ3) is 5.17. The van der Waals surface area contributed by atoms with Gasteiger partial charge in [-0.05, 0) is 62.9 Å². The fraction of sp³-hybridized carbons (Fsp3) is 0.480. The van der Waals surface area contributed by atoms with Crippen molar-refractivity contribution in [3.8, 4) is 11.5 Å². The van der Waals surface area contributed by atoms with Gasteiger partial charge in [-0.2, -0.15) is 4.31 Å². The number of hydrogen-bond donors (Lipinski definition) is 1. The van der Waals surface area contributed by atoms with Crippen LogP contribution in [-0.4, -0.2) is 44.4 Å². The molecule has 0 radical (unpaired) electrons. The summed E-state index contributed by atoms with van der Waals surface area (Å²) < 4.78 is 38.9. The van der Waals surface area contributed by atoms with Gasteiger partial charge in [0.05, 0.1) is 18.0 Å². The summed E-state index contributed by atoms with van der Waals surface area (Å²) in [6.07, 6.45) is 3.04. The Morgan fingerprint density at radius 1 is 1.18 bits per heavy atom. The molecule has 0 saturated carbocycles. The third-order valence-corrected chi connectivity index (χ3v) is 8.18. The Kier molecular flexibility index (Phi) is 6.68. The van der Waals surface area contributed by atoms with Crippen LogP contribution in [0.3, 0.4) is 0 Å². The second-order valence-electron chi connectivity index (χ2n) is 9.31. The van der Waals surface area contributed by atoms with E-state index in [4.69, 9.17) is 9.47 Å². The van der Waals surface area contributed by atoms with Gasteiger partial charge in [0.25, 0.3) is 0 Å². The Hall–Kier alpha value is -2.58. The summed E-state index contributed by atoms with van der Waals surface area (Å²) in [5.41, 5.74) is 1.30. The van der Waals surface area contributed by atoms with Crippen LogP contribution in [0.4, 0.5) is 0 Å². The molecular weight excluding hydrogens is 440 g/mol. The molecule has 1 atom stereocenters. The molecule has 1 fully saturated rings. The molecule has 0 spiro atoms. The number of amides is 1.